The molecule has 4 aromatic heterocycles. The first-order valence-corrected chi connectivity index (χ1v) is 19.0. The molecule has 57 heavy (non-hydrogen) atoms. The van der Waals surface area contributed by atoms with Gasteiger partial charge in [0.2, 0.25) is 0 Å². The molecule has 0 N–H and O–H groups in total. The molecule has 0 amide bonds. The second-order valence-electron chi connectivity index (χ2n) is 14.4. The lowest BCUT2D eigenvalue weighted by atomic mass is 9.97. The van der Waals surface area contributed by atoms with Gasteiger partial charge in [0.25, 0.3) is 0 Å². The van der Waals surface area contributed by atoms with E-state index in [4.69, 9.17) is 23.8 Å². The molecule has 8 aromatic carbocycles. The van der Waals surface area contributed by atoms with Crippen LogP contribution in [0.1, 0.15) is 0 Å². The summed E-state index contributed by atoms with van der Waals surface area (Å²) < 4.78 is 15.3. The normalized spacial score (nSPS) is 11.9. The summed E-state index contributed by atoms with van der Waals surface area (Å²) in [4.78, 5) is 15.1. The fraction of sp³-hybridized carbons (Fsp3) is 0. The first kappa shape index (κ1) is 31.5. The van der Waals surface area contributed by atoms with Crippen LogP contribution in [-0.2, 0) is 0 Å². The van der Waals surface area contributed by atoms with Gasteiger partial charge in [0, 0.05) is 54.6 Å². The van der Waals surface area contributed by atoms with E-state index in [0.717, 1.165) is 77.4 Å². The zero-order valence-electron chi connectivity index (χ0n) is 30.4. The highest BCUT2D eigenvalue weighted by Crippen LogP contribution is 2.42. The number of hydrogen-bond donors (Lipinski definition) is 0. The van der Waals surface area contributed by atoms with Crippen LogP contribution in [0.4, 0.5) is 0 Å². The van der Waals surface area contributed by atoms with Gasteiger partial charge in [-0.15, -0.1) is 0 Å². The topological polar surface area (TPSA) is 69.9 Å². The van der Waals surface area contributed by atoms with Crippen molar-refractivity contribution in [3.63, 3.8) is 0 Å². The molecule has 266 valence electrons. The zero-order valence-corrected chi connectivity index (χ0v) is 30.4. The number of rotatable bonds is 5. The van der Waals surface area contributed by atoms with Gasteiger partial charge in [-0.1, -0.05) is 127 Å². The van der Waals surface area contributed by atoms with E-state index < -0.39 is 0 Å². The second kappa shape index (κ2) is 12.3. The number of nitrogens with zero attached hydrogens (tertiary/aromatic N) is 4. The van der Waals surface area contributed by atoms with Gasteiger partial charge in [0.1, 0.15) is 22.3 Å². The molecule has 0 fully saturated rings. The third kappa shape index (κ3) is 4.94. The number of para-hydroxylation sites is 4. The summed E-state index contributed by atoms with van der Waals surface area (Å²) in [6, 6.07) is 62.8. The Kier molecular flexibility index (Phi) is 6.83. The summed E-state index contributed by atoms with van der Waals surface area (Å²) in [5.74, 6) is 1.71. The Morgan fingerprint density at radius 1 is 0.333 bits per heavy atom. The molecule has 0 aliphatic carbocycles. The molecule has 0 unspecified atom stereocenters. The second-order valence-corrected chi connectivity index (χ2v) is 14.4. The first-order valence-electron chi connectivity index (χ1n) is 19.0. The van der Waals surface area contributed by atoms with Crippen molar-refractivity contribution in [3.05, 3.63) is 182 Å². The van der Waals surface area contributed by atoms with Crippen LogP contribution < -0.4 is 0 Å². The van der Waals surface area contributed by atoms with Crippen LogP contribution in [0.25, 0.3) is 117 Å². The minimum atomic E-state index is 0.558. The molecule has 6 nitrogen and oxygen atoms in total. The van der Waals surface area contributed by atoms with Crippen molar-refractivity contribution in [2.24, 2.45) is 0 Å². The molecule has 0 bridgehead atoms. The molecule has 0 aliphatic heterocycles. The maximum Gasteiger partial charge on any atom is 0.164 e. The monoisotopic (exact) mass is 730 g/mol. The molecule has 12 rings (SSSR count). The third-order valence-corrected chi connectivity index (χ3v) is 11.1. The number of furan rings is 2. The Morgan fingerprint density at radius 3 is 1.58 bits per heavy atom. The molecule has 0 aliphatic rings. The van der Waals surface area contributed by atoms with Gasteiger partial charge in [-0.3, -0.25) is 0 Å². The lowest BCUT2D eigenvalue weighted by Gasteiger charge is -2.14. The fourth-order valence-electron chi connectivity index (χ4n) is 8.48. The van der Waals surface area contributed by atoms with Crippen LogP contribution in [0.2, 0.25) is 0 Å². The summed E-state index contributed by atoms with van der Waals surface area (Å²) in [7, 11) is 0. The SMILES string of the molecule is c1ccc(-c2nc(-c3ccc4c(c3)oc3ccccc34)nc(-c3ccc4c(c3)oc3cccc(-c5ccccc5-n5c6ccccc6c6ccccc65)c34)n2)cc1. The summed E-state index contributed by atoms with van der Waals surface area (Å²) in [6.07, 6.45) is 0. The van der Waals surface area contributed by atoms with Crippen molar-refractivity contribution in [1.29, 1.82) is 0 Å². The molecular formula is C51H30N4O2. The summed E-state index contributed by atoms with van der Waals surface area (Å²) in [5, 5.41) is 6.68. The molecule has 0 saturated heterocycles. The Balaban J connectivity index is 1.02. The average molecular weight is 731 g/mol. The number of fused-ring (bicyclic) bond motifs is 9. The molecule has 0 atom stereocenters. The van der Waals surface area contributed by atoms with Crippen LogP contribution in [-0.4, -0.2) is 19.5 Å². The third-order valence-electron chi connectivity index (χ3n) is 11.1. The minimum Gasteiger partial charge on any atom is -0.456 e. The minimum absolute atomic E-state index is 0.558. The van der Waals surface area contributed by atoms with E-state index in [2.05, 4.69) is 120 Å². The van der Waals surface area contributed by atoms with Crippen molar-refractivity contribution >= 4 is 65.7 Å². The van der Waals surface area contributed by atoms with E-state index in [0.29, 0.717) is 17.5 Å². The first-order chi connectivity index (χ1) is 28.2. The van der Waals surface area contributed by atoms with Gasteiger partial charge in [0.05, 0.1) is 16.7 Å². The number of benzene rings is 8. The highest BCUT2D eigenvalue weighted by Gasteiger charge is 2.20. The maximum absolute atomic E-state index is 6.66. The Morgan fingerprint density at radius 2 is 0.842 bits per heavy atom. The van der Waals surface area contributed by atoms with Crippen molar-refractivity contribution in [1.82, 2.24) is 19.5 Å². The fourth-order valence-corrected chi connectivity index (χ4v) is 8.48. The van der Waals surface area contributed by atoms with Crippen LogP contribution in [0.15, 0.2) is 191 Å². The van der Waals surface area contributed by atoms with Crippen molar-refractivity contribution in [3.8, 4) is 51.0 Å². The number of aromatic nitrogens is 4. The standard InChI is InChI=1S/C51H30N4O2/c1-2-13-31(14-3-1)49-52-50(32-25-27-38-37-18-7-11-23-44(37)56-46(38)29-32)54-51(53-49)33-26-28-40-47(30-33)57-45-24-12-19-39(48(40)45)36-17-6-10-22-43(36)55-41-20-8-4-15-34(41)35-16-5-9-21-42(35)55/h1-30H. The molecule has 12 aromatic rings. The van der Waals surface area contributed by atoms with E-state index in [1.807, 2.05) is 66.7 Å². The lowest BCUT2D eigenvalue weighted by molar-refractivity contribution is 0.668. The average Bonchev–Trinajstić information content (AvgIpc) is 3.95. The van der Waals surface area contributed by atoms with E-state index >= 15 is 0 Å². The van der Waals surface area contributed by atoms with Crippen molar-refractivity contribution < 1.29 is 8.83 Å². The Bertz CT molecular complexity index is 3490. The largest absolute Gasteiger partial charge is 0.456 e. The Hall–Kier alpha value is -7.83. The smallest absolute Gasteiger partial charge is 0.164 e. The number of hydrogen-bond acceptors (Lipinski definition) is 5. The van der Waals surface area contributed by atoms with E-state index in [1.165, 1.54) is 21.8 Å². The lowest BCUT2D eigenvalue weighted by Crippen LogP contribution is -2.00. The zero-order chi connectivity index (χ0) is 37.5. The van der Waals surface area contributed by atoms with Gasteiger partial charge in [-0.2, -0.15) is 0 Å². The molecule has 0 spiro atoms. The van der Waals surface area contributed by atoms with E-state index in [1.54, 1.807) is 0 Å². The van der Waals surface area contributed by atoms with Gasteiger partial charge in [-0.05, 0) is 60.2 Å². The van der Waals surface area contributed by atoms with Gasteiger partial charge < -0.3 is 13.4 Å². The molecule has 0 radical (unpaired) electrons. The van der Waals surface area contributed by atoms with Crippen molar-refractivity contribution in [2.45, 2.75) is 0 Å². The summed E-state index contributed by atoms with van der Waals surface area (Å²) in [5.41, 5.74) is 11.5. The predicted molar refractivity (Wildman–Crippen MR) is 230 cm³/mol. The predicted octanol–water partition coefficient (Wildman–Crippen LogP) is 13.4. The van der Waals surface area contributed by atoms with Gasteiger partial charge >= 0.3 is 0 Å². The van der Waals surface area contributed by atoms with Crippen molar-refractivity contribution in [2.75, 3.05) is 0 Å². The molecule has 6 heteroatoms. The van der Waals surface area contributed by atoms with E-state index in [9.17, 15) is 0 Å². The van der Waals surface area contributed by atoms with Crippen LogP contribution in [0, 0.1) is 0 Å². The Labute approximate surface area is 325 Å². The highest BCUT2D eigenvalue weighted by atomic mass is 16.3. The summed E-state index contributed by atoms with van der Waals surface area (Å²) >= 11 is 0. The highest BCUT2D eigenvalue weighted by molar-refractivity contribution is 6.15. The van der Waals surface area contributed by atoms with Crippen LogP contribution >= 0.6 is 0 Å². The molecule has 4 heterocycles. The van der Waals surface area contributed by atoms with Crippen LogP contribution in [0.5, 0.6) is 0 Å². The van der Waals surface area contributed by atoms with Crippen LogP contribution in [0.3, 0.4) is 0 Å². The maximum atomic E-state index is 6.66. The van der Waals surface area contributed by atoms with Gasteiger partial charge in [-0.25, -0.2) is 15.0 Å². The molecule has 0 saturated carbocycles. The quantitative estimate of drug-likeness (QED) is 0.176. The molecular weight excluding hydrogens is 701 g/mol. The van der Waals surface area contributed by atoms with Gasteiger partial charge in [0.15, 0.2) is 17.5 Å². The van der Waals surface area contributed by atoms with E-state index in [-0.39, 0.29) is 0 Å². The summed E-state index contributed by atoms with van der Waals surface area (Å²) in [6.45, 7) is 0.